The zero-order valence-corrected chi connectivity index (χ0v) is 16.0. The summed E-state index contributed by atoms with van der Waals surface area (Å²) in [5, 5.41) is 2.75. The Bertz CT molecular complexity index is 355. The van der Waals surface area contributed by atoms with Crippen molar-refractivity contribution in [1.82, 2.24) is 10.2 Å². The van der Waals surface area contributed by atoms with Crippen LogP contribution in [0, 0.1) is 0 Å². The van der Waals surface area contributed by atoms with Gasteiger partial charge in [-0.05, 0) is 45.1 Å². The molecular formula is C18H36N2O2. The average Bonchev–Trinajstić information content (AvgIpc) is 2.58. The molecule has 0 aliphatic carbocycles. The number of rotatable bonds is 3. The molecule has 0 saturated carbocycles. The highest BCUT2D eigenvalue weighted by atomic mass is 16.6. The Morgan fingerprint density at radius 2 is 1.64 bits per heavy atom. The molecule has 4 nitrogen and oxygen atoms in total. The molecule has 1 rings (SSSR count). The number of amides is 1. The summed E-state index contributed by atoms with van der Waals surface area (Å²) in [4.78, 5) is 13.0. The first kappa shape index (κ1) is 25.4. The summed E-state index contributed by atoms with van der Waals surface area (Å²) < 4.78 is 5.20. The van der Waals surface area contributed by atoms with Gasteiger partial charge in [-0.3, -0.25) is 0 Å². The summed E-state index contributed by atoms with van der Waals surface area (Å²) >= 11 is 0. The van der Waals surface area contributed by atoms with Gasteiger partial charge in [-0.25, -0.2) is 4.79 Å². The number of aryl methyl sites for hydroxylation is 1. The molecule has 1 amide bonds. The topological polar surface area (TPSA) is 41.6 Å². The number of ether oxygens (including phenoxy) is 1. The maximum atomic E-state index is 11.4. The molecule has 0 bridgehead atoms. The van der Waals surface area contributed by atoms with Gasteiger partial charge in [0.05, 0.1) is 0 Å². The Labute approximate surface area is 137 Å². The van der Waals surface area contributed by atoms with Crippen molar-refractivity contribution < 1.29 is 9.53 Å². The summed E-state index contributed by atoms with van der Waals surface area (Å²) in [6.07, 6.45) is 0.625. The molecule has 0 heterocycles. The molecule has 0 fully saturated rings. The second-order valence-corrected chi connectivity index (χ2v) is 3.88. The predicted molar refractivity (Wildman–Crippen MR) is 97.8 cm³/mol. The minimum Gasteiger partial charge on any atom is -0.410 e. The third-order valence-corrected chi connectivity index (χ3v) is 2.30. The molecule has 0 saturated heterocycles. The lowest BCUT2D eigenvalue weighted by atomic mass is 10.2. The average molecular weight is 312 g/mol. The molecular weight excluding hydrogens is 276 g/mol. The first-order chi connectivity index (χ1) is 10.6. The summed E-state index contributed by atoms with van der Waals surface area (Å²) in [7, 11) is 5.46. The highest BCUT2D eigenvalue weighted by molar-refractivity contribution is 5.70. The van der Waals surface area contributed by atoms with Gasteiger partial charge in [0.25, 0.3) is 0 Å². The fourth-order valence-corrected chi connectivity index (χ4v) is 1.14. The minimum absolute atomic E-state index is 0.314. The van der Waals surface area contributed by atoms with Gasteiger partial charge in [0, 0.05) is 13.6 Å². The predicted octanol–water partition coefficient (Wildman–Crippen LogP) is 4.59. The summed E-state index contributed by atoms with van der Waals surface area (Å²) in [5.41, 5.74) is 1.17. The number of hydrogen-bond acceptors (Lipinski definition) is 3. The van der Waals surface area contributed by atoms with Crippen LogP contribution in [-0.2, 0) is 6.42 Å². The monoisotopic (exact) mass is 312 g/mol. The fourth-order valence-electron chi connectivity index (χ4n) is 1.14. The van der Waals surface area contributed by atoms with Crippen LogP contribution >= 0.6 is 0 Å². The van der Waals surface area contributed by atoms with E-state index in [-0.39, 0.29) is 6.09 Å². The van der Waals surface area contributed by atoms with Crippen molar-refractivity contribution in [3.8, 4) is 5.75 Å². The normalized spacial score (nSPS) is 8.05. The third-order valence-electron chi connectivity index (χ3n) is 2.30. The highest BCUT2D eigenvalue weighted by Crippen LogP contribution is 2.14. The zero-order chi connectivity index (χ0) is 18.0. The van der Waals surface area contributed by atoms with Gasteiger partial charge in [-0.2, -0.15) is 0 Å². The Hall–Kier alpha value is -1.55. The molecule has 1 aromatic carbocycles. The molecule has 0 aliphatic heterocycles. The van der Waals surface area contributed by atoms with Gasteiger partial charge in [0.15, 0.2) is 0 Å². The molecule has 0 radical (unpaired) electrons. The van der Waals surface area contributed by atoms with E-state index in [9.17, 15) is 4.79 Å². The van der Waals surface area contributed by atoms with Crippen LogP contribution in [0.2, 0.25) is 0 Å². The molecule has 1 N–H and O–H groups in total. The van der Waals surface area contributed by atoms with Gasteiger partial charge in [-0.15, -0.1) is 0 Å². The number of carbonyl (C=O) groups excluding carboxylic acids is 1. The van der Waals surface area contributed by atoms with Crippen LogP contribution in [0.15, 0.2) is 24.3 Å². The Morgan fingerprint density at radius 3 is 2.05 bits per heavy atom. The number of carbonyl (C=O) groups is 1. The van der Waals surface area contributed by atoms with Gasteiger partial charge in [0.2, 0.25) is 0 Å². The van der Waals surface area contributed by atoms with Crippen LogP contribution in [0.5, 0.6) is 5.75 Å². The first-order valence-corrected chi connectivity index (χ1v) is 8.19. The minimum atomic E-state index is -0.314. The lowest BCUT2D eigenvalue weighted by Gasteiger charge is -2.14. The van der Waals surface area contributed by atoms with E-state index >= 15 is 0 Å². The van der Waals surface area contributed by atoms with E-state index in [2.05, 4.69) is 12.2 Å². The molecule has 1 aromatic rings. The highest BCUT2D eigenvalue weighted by Gasteiger charge is 2.08. The van der Waals surface area contributed by atoms with Crippen molar-refractivity contribution in [2.75, 3.05) is 27.7 Å². The molecule has 0 aliphatic rings. The second kappa shape index (κ2) is 19.4. The van der Waals surface area contributed by atoms with Gasteiger partial charge in [0.1, 0.15) is 5.75 Å². The van der Waals surface area contributed by atoms with Crippen LogP contribution in [0.3, 0.4) is 0 Å². The summed E-state index contributed by atoms with van der Waals surface area (Å²) in [6.45, 7) is 12.6. The molecule has 0 atom stereocenters. The number of nitrogens with one attached hydrogen (secondary N) is 1. The van der Waals surface area contributed by atoms with E-state index in [1.165, 1.54) is 10.5 Å². The first-order valence-electron chi connectivity index (χ1n) is 8.19. The Kier molecular flexibility index (Phi) is 22.5. The lowest BCUT2D eigenvalue weighted by Crippen LogP contribution is -2.29. The molecule has 0 unspecified atom stereocenters. The standard InChI is InChI=1S/C12H17NO2.C2H7N.2C2H6/c1-4-10-7-6-8-11(9-10)15-12(14)13(3)5-2;1-3-2;2*1-2/h6-9H,4-5H2,1-3H3;3H,1-2H3;2*1-2H3. The van der Waals surface area contributed by atoms with Crippen molar-refractivity contribution in [2.24, 2.45) is 0 Å². The molecule has 22 heavy (non-hydrogen) atoms. The number of hydrogen-bond donors (Lipinski definition) is 1. The van der Waals surface area contributed by atoms with E-state index in [4.69, 9.17) is 4.74 Å². The molecule has 130 valence electrons. The largest absolute Gasteiger partial charge is 0.414 e. The van der Waals surface area contributed by atoms with Crippen molar-refractivity contribution in [3.05, 3.63) is 29.8 Å². The number of nitrogens with zero attached hydrogens (tertiary/aromatic N) is 1. The van der Waals surface area contributed by atoms with Crippen molar-refractivity contribution in [2.45, 2.75) is 48.0 Å². The van der Waals surface area contributed by atoms with E-state index < -0.39 is 0 Å². The molecule has 0 spiro atoms. The quantitative estimate of drug-likeness (QED) is 0.887. The van der Waals surface area contributed by atoms with Gasteiger partial charge in [-0.1, -0.05) is 46.8 Å². The fraction of sp³-hybridized carbons (Fsp3) is 0.611. The van der Waals surface area contributed by atoms with Crippen molar-refractivity contribution >= 4 is 6.09 Å². The molecule has 0 aromatic heterocycles. The maximum Gasteiger partial charge on any atom is 0.414 e. The second-order valence-electron chi connectivity index (χ2n) is 3.88. The van der Waals surface area contributed by atoms with Crippen LogP contribution in [0.1, 0.15) is 47.1 Å². The van der Waals surface area contributed by atoms with E-state index in [1.54, 1.807) is 13.1 Å². The third kappa shape index (κ3) is 13.4. The number of benzene rings is 1. The van der Waals surface area contributed by atoms with Gasteiger partial charge < -0.3 is 15.0 Å². The summed E-state index contributed by atoms with van der Waals surface area (Å²) in [5.74, 6) is 0.611. The van der Waals surface area contributed by atoms with E-state index in [0.717, 1.165) is 6.42 Å². The summed E-state index contributed by atoms with van der Waals surface area (Å²) in [6, 6.07) is 7.59. The Balaban J connectivity index is -0.000000446. The molecule has 4 heteroatoms. The van der Waals surface area contributed by atoms with Crippen LogP contribution in [-0.4, -0.2) is 38.7 Å². The van der Waals surface area contributed by atoms with Crippen LogP contribution < -0.4 is 10.1 Å². The lowest BCUT2D eigenvalue weighted by molar-refractivity contribution is 0.165. The zero-order valence-electron chi connectivity index (χ0n) is 16.0. The Morgan fingerprint density at radius 1 is 1.14 bits per heavy atom. The SMILES string of the molecule is CC.CC.CCc1cccc(OC(=O)N(C)CC)c1.CNC. The van der Waals surface area contributed by atoms with Gasteiger partial charge >= 0.3 is 6.09 Å². The van der Waals surface area contributed by atoms with Crippen molar-refractivity contribution in [3.63, 3.8) is 0 Å². The smallest absolute Gasteiger partial charge is 0.410 e. The van der Waals surface area contributed by atoms with E-state index in [0.29, 0.717) is 12.3 Å². The van der Waals surface area contributed by atoms with Crippen LogP contribution in [0.4, 0.5) is 4.79 Å². The van der Waals surface area contributed by atoms with Crippen LogP contribution in [0.25, 0.3) is 0 Å². The van der Waals surface area contributed by atoms with E-state index in [1.807, 2.05) is 66.9 Å². The maximum absolute atomic E-state index is 11.4. The van der Waals surface area contributed by atoms with Crippen molar-refractivity contribution in [1.29, 1.82) is 0 Å².